The Balaban J connectivity index is 1.79. The van der Waals surface area contributed by atoms with Gasteiger partial charge in [0.25, 0.3) is 10.0 Å². The minimum absolute atomic E-state index is 0.0799. The smallest absolute Gasteiger partial charge is 0.264 e. The highest BCUT2D eigenvalue weighted by Gasteiger charge is 2.34. The summed E-state index contributed by atoms with van der Waals surface area (Å²) in [7, 11) is -2.60. The van der Waals surface area contributed by atoms with E-state index in [4.69, 9.17) is 0 Å². The highest BCUT2D eigenvalue weighted by molar-refractivity contribution is 7.98. The predicted molar refractivity (Wildman–Crippen MR) is 174 cm³/mol. The summed E-state index contributed by atoms with van der Waals surface area (Å²) in [6.45, 7) is 3.52. The zero-order valence-corrected chi connectivity index (χ0v) is 26.5. The van der Waals surface area contributed by atoms with E-state index in [0.717, 1.165) is 31.5 Å². The topological polar surface area (TPSA) is 86.8 Å². The molecule has 2 amide bonds. The molecule has 0 saturated carbocycles. The number of sulfonamides is 1. The molecule has 4 rings (SSSR count). The van der Waals surface area contributed by atoms with E-state index in [0.29, 0.717) is 5.69 Å². The van der Waals surface area contributed by atoms with E-state index >= 15 is 0 Å². The Hall–Kier alpha value is -4.08. The van der Waals surface area contributed by atoms with Crippen molar-refractivity contribution < 1.29 is 18.0 Å². The van der Waals surface area contributed by atoms with Gasteiger partial charge in [-0.2, -0.15) is 0 Å². The first-order valence-electron chi connectivity index (χ1n) is 14.0. The maximum absolute atomic E-state index is 14.4. The lowest BCUT2D eigenvalue weighted by Crippen LogP contribution is -2.53. The second kappa shape index (κ2) is 14.4. The van der Waals surface area contributed by atoms with Crippen LogP contribution in [0, 0.1) is 13.8 Å². The van der Waals surface area contributed by atoms with Crippen LogP contribution in [0.3, 0.4) is 0 Å². The summed E-state index contributed by atoms with van der Waals surface area (Å²) >= 11 is 1.51. The van der Waals surface area contributed by atoms with Gasteiger partial charge in [0.05, 0.1) is 10.6 Å². The van der Waals surface area contributed by atoms with E-state index < -0.39 is 28.5 Å². The summed E-state index contributed by atoms with van der Waals surface area (Å²) in [6, 6.07) is 29.9. The van der Waals surface area contributed by atoms with Crippen LogP contribution in [0.4, 0.5) is 5.69 Å². The highest BCUT2D eigenvalue weighted by atomic mass is 32.2. The van der Waals surface area contributed by atoms with Crippen molar-refractivity contribution in [2.24, 2.45) is 0 Å². The maximum atomic E-state index is 14.4. The van der Waals surface area contributed by atoms with Crippen LogP contribution in [0.5, 0.6) is 0 Å². The van der Waals surface area contributed by atoms with Crippen molar-refractivity contribution in [1.82, 2.24) is 10.2 Å². The number of thioether (sulfide) groups is 1. The van der Waals surface area contributed by atoms with E-state index in [1.54, 1.807) is 36.4 Å². The second-order valence-electron chi connectivity index (χ2n) is 10.3. The van der Waals surface area contributed by atoms with Crippen LogP contribution in [0.1, 0.15) is 22.3 Å². The molecule has 0 saturated heterocycles. The van der Waals surface area contributed by atoms with E-state index in [1.807, 2.05) is 86.8 Å². The molecular weight excluding hydrogens is 579 g/mol. The number of aryl methyl sites for hydroxylation is 2. The van der Waals surface area contributed by atoms with Gasteiger partial charge in [-0.25, -0.2) is 8.42 Å². The molecule has 1 unspecified atom stereocenters. The average molecular weight is 616 g/mol. The molecule has 0 aliphatic heterocycles. The molecule has 224 valence electrons. The molecule has 1 N–H and O–H groups in total. The van der Waals surface area contributed by atoms with Gasteiger partial charge in [0.15, 0.2) is 0 Å². The SMILES string of the molecule is CNC(=O)C(Cc1ccccc1)N(Cc1ccccc1C)C(=O)CN(c1ccc(C)cc1)S(=O)(=O)c1ccc(SC)cc1. The molecule has 7 nitrogen and oxygen atoms in total. The van der Waals surface area contributed by atoms with Gasteiger partial charge >= 0.3 is 0 Å². The molecule has 4 aromatic rings. The van der Waals surface area contributed by atoms with Crippen LogP contribution in [-0.4, -0.2) is 51.0 Å². The summed E-state index contributed by atoms with van der Waals surface area (Å²) < 4.78 is 29.4. The van der Waals surface area contributed by atoms with Crippen LogP contribution in [0.2, 0.25) is 0 Å². The second-order valence-corrected chi connectivity index (χ2v) is 13.0. The Kier molecular flexibility index (Phi) is 10.7. The van der Waals surface area contributed by atoms with Gasteiger partial charge in [-0.3, -0.25) is 13.9 Å². The van der Waals surface area contributed by atoms with Gasteiger partial charge in [0, 0.05) is 24.9 Å². The van der Waals surface area contributed by atoms with Crippen LogP contribution < -0.4 is 9.62 Å². The molecular formula is C34H37N3O4S2. The largest absolute Gasteiger partial charge is 0.357 e. The summed E-state index contributed by atoms with van der Waals surface area (Å²) in [4.78, 5) is 30.3. The number of hydrogen-bond acceptors (Lipinski definition) is 5. The Morgan fingerprint density at radius 1 is 0.837 bits per heavy atom. The number of amides is 2. The molecule has 0 spiro atoms. The number of carbonyl (C=O) groups excluding carboxylic acids is 2. The van der Waals surface area contributed by atoms with Crippen molar-refractivity contribution in [2.45, 2.75) is 42.6 Å². The molecule has 1 atom stereocenters. The first-order chi connectivity index (χ1) is 20.6. The fourth-order valence-electron chi connectivity index (χ4n) is 4.81. The average Bonchev–Trinajstić information content (AvgIpc) is 3.02. The summed E-state index contributed by atoms with van der Waals surface area (Å²) in [5, 5.41) is 2.71. The first kappa shape index (κ1) is 31.8. The zero-order chi connectivity index (χ0) is 31.0. The molecule has 43 heavy (non-hydrogen) atoms. The van der Waals surface area contributed by atoms with Gasteiger partial charge in [0.1, 0.15) is 12.6 Å². The Morgan fingerprint density at radius 2 is 1.47 bits per heavy atom. The van der Waals surface area contributed by atoms with Crippen molar-refractivity contribution in [3.8, 4) is 0 Å². The monoisotopic (exact) mass is 615 g/mol. The third-order valence-corrected chi connectivity index (χ3v) is 9.90. The molecule has 0 heterocycles. The fraction of sp³-hybridized carbons (Fsp3) is 0.235. The van der Waals surface area contributed by atoms with Crippen molar-refractivity contribution in [3.63, 3.8) is 0 Å². The van der Waals surface area contributed by atoms with Crippen LogP contribution in [-0.2, 0) is 32.6 Å². The normalized spacial score (nSPS) is 11.9. The van der Waals surface area contributed by atoms with Crippen molar-refractivity contribution >= 4 is 39.3 Å². The number of nitrogens with zero attached hydrogens (tertiary/aromatic N) is 2. The molecule has 0 aliphatic carbocycles. The lowest BCUT2D eigenvalue weighted by atomic mass is 10.0. The molecule has 0 aliphatic rings. The van der Waals surface area contributed by atoms with Gasteiger partial charge in [0.2, 0.25) is 11.8 Å². The van der Waals surface area contributed by atoms with E-state index in [9.17, 15) is 18.0 Å². The molecule has 0 bridgehead atoms. The lowest BCUT2D eigenvalue weighted by molar-refractivity contribution is -0.139. The Labute approximate surface area is 259 Å². The summed E-state index contributed by atoms with van der Waals surface area (Å²) in [5.74, 6) is -0.819. The van der Waals surface area contributed by atoms with Crippen LogP contribution in [0.25, 0.3) is 0 Å². The van der Waals surface area contributed by atoms with Crippen LogP contribution in [0.15, 0.2) is 113 Å². The summed E-state index contributed by atoms with van der Waals surface area (Å²) in [5.41, 5.74) is 4.04. The number of carbonyl (C=O) groups is 2. The van der Waals surface area contributed by atoms with Gasteiger partial charge < -0.3 is 10.2 Å². The number of benzene rings is 4. The number of rotatable bonds is 12. The maximum Gasteiger partial charge on any atom is 0.264 e. The van der Waals surface area contributed by atoms with Gasteiger partial charge in [-0.05, 0) is 73.2 Å². The zero-order valence-electron chi connectivity index (χ0n) is 24.9. The highest BCUT2D eigenvalue weighted by Crippen LogP contribution is 2.27. The van der Waals surface area contributed by atoms with Crippen molar-refractivity contribution in [1.29, 1.82) is 0 Å². The Morgan fingerprint density at radius 3 is 2.07 bits per heavy atom. The third-order valence-electron chi connectivity index (χ3n) is 7.37. The van der Waals surface area contributed by atoms with E-state index in [-0.39, 0.29) is 23.8 Å². The quantitative estimate of drug-likeness (QED) is 0.210. The third kappa shape index (κ3) is 7.86. The van der Waals surface area contributed by atoms with E-state index in [2.05, 4.69) is 5.32 Å². The molecule has 0 radical (unpaired) electrons. The standard InChI is InChI=1S/C34H37N3O4S2/c1-25-14-16-29(17-15-25)37(43(40,41)31-20-18-30(42-4)19-21-31)24-33(38)36(23-28-13-9-8-10-26(28)2)32(34(39)35-3)22-27-11-6-5-7-12-27/h5-21,32H,22-24H2,1-4H3,(H,35,39). The van der Waals surface area contributed by atoms with Crippen molar-refractivity contribution in [3.05, 3.63) is 125 Å². The number of nitrogens with one attached hydrogen (secondary N) is 1. The molecule has 4 aromatic carbocycles. The van der Waals surface area contributed by atoms with Gasteiger partial charge in [-0.15, -0.1) is 11.8 Å². The van der Waals surface area contributed by atoms with E-state index in [1.165, 1.54) is 23.7 Å². The molecule has 0 fully saturated rings. The number of hydrogen-bond donors (Lipinski definition) is 1. The minimum atomic E-state index is -4.14. The lowest BCUT2D eigenvalue weighted by Gasteiger charge is -2.34. The van der Waals surface area contributed by atoms with Gasteiger partial charge in [-0.1, -0.05) is 72.3 Å². The summed E-state index contributed by atoms with van der Waals surface area (Å²) in [6.07, 6.45) is 2.19. The molecule has 9 heteroatoms. The minimum Gasteiger partial charge on any atom is -0.357 e. The number of likely N-dealkylation sites (N-methyl/N-ethyl adjacent to an activating group) is 1. The molecule has 0 aromatic heterocycles. The number of anilines is 1. The first-order valence-corrected chi connectivity index (χ1v) is 16.6. The van der Waals surface area contributed by atoms with Crippen LogP contribution >= 0.6 is 11.8 Å². The van der Waals surface area contributed by atoms with Crippen molar-refractivity contribution in [2.75, 3.05) is 24.2 Å². The predicted octanol–water partition coefficient (Wildman–Crippen LogP) is 5.61. The fourth-order valence-corrected chi connectivity index (χ4v) is 6.63. The Bertz CT molecular complexity index is 1640.